The van der Waals surface area contributed by atoms with Crippen LogP contribution in [0.5, 0.6) is 0 Å². The first-order chi connectivity index (χ1) is 8.32. The van der Waals surface area contributed by atoms with Crippen molar-refractivity contribution in [3.8, 4) is 0 Å². The Labute approximate surface area is 98.2 Å². The molecule has 0 aromatic carbocycles. The van der Waals surface area contributed by atoms with Crippen LogP contribution in [0.15, 0.2) is 68.4 Å². The highest BCUT2D eigenvalue weighted by atomic mass is 28.4. The SMILES string of the molecule is O[Si](c1ccco1)(c1ccco1)c1ccco1. The van der Waals surface area contributed by atoms with Crippen LogP contribution in [0.4, 0.5) is 0 Å². The fourth-order valence-corrected chi connectivity index (χ4v) is 4.27. The average Bonchev–Trinajstić information content (AvgIpc) is 3.10. The molecule has 0 fully saturated rings. The molecule has 86 valence electrons. The van der Waals surface area contributed by atoms with Gasteiger partial charge in [-0.15, -0.1) is 0 Å². The van der Waals surface area contributed by atoms with Gasteiger partial charge in [0.15, 0.2) is 0 Å². The highest BCUT2D eigenvalue weighted by Crippen LogP contribution is 2.05. The Bertz CT molecular complexity index is 482. The third-order valence-electron chi connectivity index (χ3n) is 2.63. The molecule has 0 saturated carbocycles. The second-order valence-electron chi connectivity index (χ2n) is 3.64. The quantitative estimate of drug-likeness (QED) is 0.681. The summed E-state index contributed by atoms with van der Waals surface area (Å²) in [5, 5.41) is 1.47. The van der Waals surface area contributed by atoms with Gasteiger partial charge >= 0.3 is 8.32 Å². The van der Waals surface area contributed by atoms with Crippen LogP contribution in [-0.2, 0) is 0 Å². The number of rotatable bonds is 3. The highest BCUT2D eigenvalue weighted by Gasteiger charge is 2.47. The molecule has 0 spiro atoms. The Morgan fingerprint density at radius 2 is 1.06 bits per heavy atom. The smallest absolute Gasteiger partial charge is 0.397 e. The van der Waals surface area contributed by atoms with E-state index in [9.17, 15) is 4.80 Å². The van der Waals surface area contributed by atoms with Crippen LogP contribution < -0.4 is 16.2 Å². The Kier molecular flexibility index (Phi) is 2.27. The van der Waals surface area contributed by atoms with Gasteiger partial charge in [-0.05, 0) is 36.4 Å². The predicted molar refractivity (Wildman–Crippen MR) is 63.0 cm³/mol. The van der Waals surface area contributed by atoms with Crippen LogP contribution in [0.25, 0.3) is 0 Å². The molecule has 5 heteroatoms. The molecule has 4 nitrogen and oxygen atoms in total. The van der Waals surface area contributed by atoms with E-state index in [0.29, 0.717) is 16.2 Å². The molecule has 3 heterocycles. The van der Waals surface area contributed by atoms with Crippen LogP contribution >= 0.6 is 0 Å². The van der Waals surface area contributed by atoms with E-state index in [-0.39, 0.29) is 0 Å². The molecule has 3 rings (SSSR count). The van der Waals surface area contributed by atoms with Crippen molar-refractivity contribution in [3.05, 3.63) is 55.2 Å². The Morgan fingerprint density at radius 1 is 0.706 bits per heavy atom. The summed E-state index contributed by atoms with van der Waals surface area (Å²) < 4.78 is 16.0. The molecular weight excluding hydrogens is 236 g/mol. The summed E-state index contributed by atoms with van der Waals surface area (Å²) in [6.45, 7) is 0. The Morgan fingerprint density at radius 3 is 1.29 bits per heavy atom. The van der Waals surface area contributed by atoms with E-state index in [1.54, 1.807) is 36.4 Å². The first-order valence-electron chi connectivity index (χ1n) is 5.16. The monoisotopic (exact) mass is 246 g/mol. The lowest BCUT2D eigenvalue weighted by molar-refractivity contribution is 0.497. The van der Waals surface area contributed by atoms with Gasteiger partial charge in [-0.3, -0.25) is 0 Å². The lowest BCUT2D eigenvalue weighted by atomic mass is 10.7. The fourth-order valence-electron chi connectivity index (χ4n) is 1.82. The van der Waals surface area contributed by atoms with Crippen molar-refractivity contribution in [1.29, 1.82) is 0 Å². The molecule has 0 aliphatic heterocycles. The number of furan rings is 3. The van der Waals surface area contributed by atoms with Gasteiger partial charge in [-0.25, -0.2) is 0 Å². The number of hydrogen-bond donors (Lipinski definition) is 1. The van der Waals surface area contributed by atoms with Crippen LogP contribution in [-0.4, -0.2) is 13.1 Å². The molecule has 0 bridgehead atoms. The zero-order chi connectivity index (χ0) is 11.7. The standard InChI is InChI=1S/C12H10O4Si/c13-17(10-4-1-7-14-10,11-5-2-8-15-11)12-6-3-9-16-12/h1-9,13H. The summed E-state index contributed by atoms with van der Waals surface area (Å²) in [6, 6.07) is 10.4. The summed E-state index contributed by atoms with van der Waals surface area (Å²) >= 11 is 0. The Hall–Kier alpha value is -1.98. The highest BCUT2D eigenvalue weighted by molar-refractivity contribution is 7.04. The molecule has 17 heavy (non-hydrogen) atoms. The number of hydrogen-bond acceptors (Lipinski definition) is 4. The van der Waals surface area contributed by atoms with Crippen molar-refractivity contribution in [1.82, 2.24) is 0 Å². The average molecular weight is 246 g/mol. The maximum absolute atomic E-state index is 10.9. The molecule has 0 aliphatic carbocycles. The third-order valence-corrected chi connectivity index (χ3v) is 5.63. The van der Waals surface area contributed by atoms with Gasteiger partial charge in [-0.1, -0.05) is 0 Å². The molecule has 0 saturated heterocycles. The lowest BCUT2D eigenvalue weighted by Gasteiger charge is -2.17. The van der Waals surface area contributed by atoms with Gasteiger partial charge in [0, 0.05) is 0 Å². The van der Waals surface area contributed by atoms with Gasteiger partial charge in [-0.2, -0.15) is 0 Å². The van der Waals surface area contributed by atoms with Crippen molar-refractivity contribution in [2.75, 3.05) is 0 Å². The first-order valence-corrected chi connectivity index (χ1v) is 7.11. The fraction of sp³-hybridized carbons (Fsp3) is 0. The van der Waals surface area contributed by atoms with E-state index in [1.807, 2.05) is 0 Å². The largest absolute Gasteiger partial charge is 0.470 e. The summed E-state index contributed by atoms with van der Waals surface area (Å²) in [5.74, 6) is 0. The molecule has 0 aliphatic rings. The van der Waals surface area contributed by atoms with E-state index in [0.717, 1.165) is 0 Å². The topological polar surface area (TPSA) is 59.7 Å². The van der Waals surface area contributed by atoms with E-state index in [2.05, 4.69) is 0 Å². The molecule has 3 aromatic rings. The van der Waals surface area contributed by atoms with Crippen LogP contribution in [0.1, 0.15) is 0 Å². The predicted octanol–water partition coefficient (Wildman–Crippen LogP) is 0.425. The second-order valence-corrected chi connectivity index (χ2v) is 6.54. The normalized spacial score (nSPS) is 11.8. The van der Waals surface area contributed by atoms with Gasteiger partial charge in [0.05, 0.1) is 18.8 Å². The van der Waals surface area contributed by atoms with Crippen molar-refractivity contribution >= 4 is 24.5 Å². The lowest BCUT2D eigenvalue weighted by Crippen LogP contribution is -2.66. The molecule has 0 amide bonds. The van der Waals surface area contributed by atoms with Crippen molar-refractivity contribution < 1.29 is 18.0 Å². The molecule has 0 atom stereocenters. The maximum Gasteiger partial charge on any atom is 0.397 e. The molecule has 1 N–H and O–H groups in total. The van der Waals surface area contributed by atoms with E-state index in [4.69, 9.17) is 13.3 Å². The van der Waals surface area contributed by atoms with Crippen molar-refractivity contribution in [3.63, 3.8) is 0 Å². The zero-order valence-electron chi connectivity index (χ0n) is 8.87. The van der Waals surface area contributed by atoms with Gasteiger partial charge < -0.3 is 18.0 Å². The zero-order valence-corrected chi connectivity index (χ0v) is 9.87. The minimum absolute atomic E-state index is 0.488. The summed E-state index contributed by atoms with van der Waals surface area (Å²) in [4.78, 5) is 10.9. The third kappa shape index (κ3) is 1.48. The van der Waals surface area contributed by atoms with Crippen LogP contribution in [0.3, 0.4) is 0 Å². The maximum atomic E-state index is 10.9. The van der Waals surface area contributed by atoms with Crippen molar-refractivity contribution in [2.24, 2.45) is 0 Å². The summed E-state index contributed by atoms with van der Waals surface area (Å²) in [6.07, 6.45) is 4.58. The van der Waals surface area contributed by atoms with E-state index >= 15 is 0 Å². The molecular formula is C12H10O4Si. The van der Waals surface area contributed by atoms with Gasteiger partial charge in [0.1, 0.15) is 16.2 Å². The van der Waals surface area contributed by atoms with E-state index < -0.39 is 8.32 Å². The van der Waals surface area contributed by atoms with E-state index in [1.165, 1.54) is 18.8 Å². The molecule has 0 radical (unpaired) electrons. The first kappa shape index (κ1) is 10.2. The second kappa shape index (κ2) is 3.79. The van der Waals surface area contributed by atoms with Gasteiger partial charge in [0.25, 0.3) is 0 Å². The van der Waals surface area contributed by atoms with Gasteiger partial charge in [0.2, 0.25) is 0 Å². The van der Waals surface area contributed by atoms with Crippen LogP contribution in [0, 0.1) is 0 Å². The minimum atomic E-state index is -3.22. The van der Waals surface area contributed by atoms with Crippen molar-refractivity contribution in [2.45, 2.75) is 0 Å². The molecule has 3 aromatic heterocycles. The molecule has 0 unspecified atom stereocenters. The Balaban J connectivity index is 2.21. The summed E-state index contributed by atoms with van der Waals surface area (Å²) in [5.41, 5.74) is 0. The summed E-state index contributed by atoms with van der Waals surface area (Å²) in [7, 11) is -3.22. The van der Waals surface area contributed by atoms with Crippen LogP contribution in [0.2, 0.25) is 0 Å². The minimum Gasteiger partial charge on any atom is -0.470 e.